The van der Waals surface area contributed by atoms with Crippen molar-refractivity contribution in [2.24, 2.45) is 4.99 Å². The van der Waals surface area contributed by atoms with Crippen LogP contribution in [0, 0.1) is 5.82 Å². The zero-order valence-corrected chi connectivity index (χ0v) is 23.0. The van der Waals surface area contributed by atoms with Crippen LogP contribution in [0.1, 0.15) is 36.6 Å². The van der Waals surface area contributed by atoms with Crippen LogP contribution in [0.15, 0.2) is 88.2 Å². The number of aromatic nitrogens is 1. The van der Waals surface area contributed by atoms with Crippen molar-refractivity contribution < 1.29 is 23.4 Å². The number of nitrogens with zero attached hydrogens (tertiary/aromatic N) is 2. The van der Waals surface area contributed by atoms with Gasteiger partial charge in [-0.25, -0.2) is 14.2 Å². The highest BCUT2D eigenvalue weighted by Gasteiger charge is 2.35. The fourth-order valence-electron chi connectivity index (χ4n) is 4.60. The number of benzene rings is 3. The Labute approximate surface area is 234 Å². The van der Waals surface area contributed by atoms with E-state index in [0.717, 1.165) is 5.56 Å². The van der Waals surface area contributed by atoms with Crippen molar-refractivity contribution in [2.75, 3.05) is 20.3 Å². The van der Waals surface area contributed by atoms with Crippen molar-refractivity contribution >= 4 is 29.1 Å². The average molecular weight is 559 g/mol. The molecule has 4 aromatic rings. The number of esters is 1. The Hall–Kier alpha value is -4.50. The summed E-state index contributed by atoms with van der Waals surface area (Å²) in [5, 5.41) is 0. The quantitative estimate of drug-likeness (QED) is 0.298. The number of rotatable bonds is 8. The predicted octanol–water partition coefficient (Wildman–Crippen LogP) is 4.48. The van der Waals surface area contributed by atoms with E-state index in [0.29, 0.717) is 44.3 Å². The van der Waals surface area contributed by atoms with Gasteiger partial charge in [-0.3, -0.25) is 9.36 Å². The maximum atomic E-state index is 13.9. The third-order valence-corrected chi connectivity index (χ3v) is 7.33. The van der Waals surface area contributed by atoms with Crippen molar-refractivity contribution in [3.8, 4) is 11.5 Å². The van der Waals surface area contributed by atoms with Crippen LogP contribution in [-0.2, 0) is 9.53 Å². The molecule has 1 atom stereocenters. The summed E-state index contributed by atoms with van der Waals surface area (Å²) < 4.78 is 32.3. The monoisotopic (exact) mass is 558 g/mol. The summed E-state index contributed by atoms with van der Waals surface area (Å²) in [6.07, 6.45) is 1.75. The van der Waals surface area contributed by atoms with Gasteiger partial charge in [-0.1, -0.05) is 59.9 Å². The second-order valence-electron chi connectivity index (χ2n) is 8.83. The minimum atomic E-state index is -0.872. The predicted molar refractivity (Wildman–Crippen MR) is 152 cm³/mol. The van der Waals surface area contributed by atoms with Crippen LogP contribution in [0.3, 0.4) is 0 Å². The van der Waals surface area contributed by atoms with Gasteiger partial charge in [0.25, 0.3) is 5.56 Å². The molecule has 204 valence electrons. The molecule has 0 N–H and O–H groups in total. The minimum Gasteiger partial charge on any atom is -0.493 e. The molecule has 1 aliphatic heterocycles. The molecule has 1 aliphatic rings. The van der Waals surface area contributed by atoms with Crippen LogP contribution in [0.5, 0.6) is 11.5 Å². The first-order valence-electron chi connectivity index (χ1n) is 12.8. The van der Waals surface area contributed by atoms with E-state index in [9.17, 15) is 14.0 Å². The summed E-state index contributed by atoms with van der Waals surface area (Å²) in [6, 6.07) is 19.6. The Balaban J connectivity index is 1.78. The van der Waals surface area contributed by atoms with E-state index in [-0.39, 0.29) is 17.7 Å². The van der Waals surface area contributed by atoms with E-state index in [1.54, 1.807) is 44.4 Å². The molecule has 0 saturated heterocycles. The molecule has 9 heteroatoms. The number of thiazole rings is 1. The maximum Gasteiger partial charge on any atom is 0.338 e. The van der Waals surface area contributed by atoms with E-state index in [1.807, 2.05) is 43.3 Å². The van der Waals surface area contributed by atoms with Gasteiger partial charge >= 0.3 is 5.97 Å². The molecule has 0 amide bonds. The van der Waals surface area contributed by atoms with Gasteiger partial charge in [0.2, 0.25) is 0 Å². The topological polar surface area (TPSA) is 79.1 Å². The molecule has 5 rings (SSSR count). The third kappa shape index (κ3) is 5.20. The molecule has 0 spiro atoms. The van der Waals surface area contributed by atoms with Gasteiger partial charge in [0.15, 0.2) is 16.3 Å². The molecule has 0 fully saturated rings. The highest BCUT2D eigenvalue weighted by atomic mass is 32.1. The molecule has 0 bridgehead atoms. The van der Waals surface area contributed by atoms with Crippen molar-refractivity contribution in [3.05, 3.63) is 121 Å². The largest absolute Gasteiger partial charge is 0.493 e. The normalized spacial score (nSPS) is 14.9. The molecule has 0 radical (unpaired) electrons. The average Bonchev–Trinajstić information content (AvgIpc) is 3.28. The molecular weight excluding hydrogens is 531 g/mol. The SMILES string of the molecule is CCOC(=O)C1=C(c2ccccc2)N=c2s/c(=C\c3ccc(OC)c(OCC)c3)c(=O)n2[C@H]1c1ccc(F)cc1. The molecule has 0 aliphatic carbocycles. The Bertz CT molecular complexity index is 1760. The second kappa shape index (κ2) is 11.7. The first-order valence-corrected chi connectivity index (χ1v) is 13.6. The molecule has 7 nitrogen and oxygen atoms in total. The summed E-state index contributed by atoms with van der Waals surface area (Å²) in [4.78, 5) is 32.6. The number of ether oxygens (including phenoxy) is 3. The lowest BCUT2D eigenvalue weighted by Gasteiger charge is -2.25. The Morgan fingerprint density at radius 1 is 1.02 bits per heavy atom. The van der Waals surface area contributed by atoms with Crippen LogP contribution < -0.4 is 24.4 Å². The van der Waals surface area contributed by atoms with Crippen molar-refractivity contribution in [2.45, 2.75) is 19.9 Å². The third-order valence-electron chi connectivity index (χ3n) is 6.34. The van der Waals surface area contributed by atoms with Gasteiger partial charge in [0.1, 0.15) is 5.82 Å². The summed E-state index contributed by atoms with van der Waals surface area (Å²) in [7, 11) is 1.57. The molecule has 1 aromatic heterocycles. The standard InChI is InChI=1S/C31H27FN2O5S/c1-4-38-24-17-19(11-16-23(24)37-3)18-25-29(35)34-28(21-12-14-22(32)15-13-21)26(30(36)39-5-2)27(33-31(34)40-25)20-9-7-6-8-10-20/h6-18,28H,4-5H2,1-3H3/b25-18-/t28-/m0/s1. The Kier molecular flexibility index (Phi) is 7.93. The van der Waals surface area contributed by atoms with Gasteiger partial charge in [-0.05, 0) is 55.3 Å². The maximum absolute atomic E-state index is 13.9. The summed E-state index contributed by atoms with van der Waals surface area (Å²) in [5.74, 6) is 0.131. The number of halogens is 1. The van der Waals surface area contributed by atoms with Crippen LogP contribution in [0.2, 0.25) is 0 Å². The van der Waals surface area contributed by atoms with E-state index in [1.165, 1.54) is 28.0 Å². The van der Waals surface area contributed by atoms with E-state index >= 15 is 0 Å². The number of hydrogen-bond donors (Lipinski definition) is 0. The fraction of sp³-hybridized carbons (Fsp3) is 0.194. The van der Waals surface area contributed by atoms with E-state index in [2.05, 4.69) is 0 Å². The van der Waals surface area contributed by atoms with Gasteiger partial charge in [-0.15, -0.1) is 0 Å². The second-order valence-corrected chi connectivity index (χ2v) is 9.84. The summed E-state index contributed by atoms with van der Waals surface area (Å²) in [5.41, 5.74) is 2.28. The van der Waals surface area contributed by atoms with Crippen LogP contribution in [-0.4, -0.2) is 30.9 Å². The van der Waals surface area contributed by atoms with E-state index < -0.39 is 17.8 Å². The number of carbonyl (C=O) groups is 1. The first-order chi connectivity index (χ1) is 19.4. The first kappa shape index (κ1) is 27.1. The Morgan fingerprint density at radius 2 is 1.77 bits per heavy atom. The lowest BCUT2D eigenvalue weighted by Crippen LogP contribution is -2.40. The lowest BCUT2D eigenvalue weighted by atomic mass is 9.93. The van der Waals surface area contributed by atoms with Gasteiger partial charge in [0, 0.05) is 5.56 Å². The molecule has 2 heterocycles. The summed E-state index contributed by atoms with van der Waals surface area (Å²) in [6.45, 7) is 4.20. The zero-order chi connectivity index (χ0) is 28.2. The molecule has 0 unspecified atom stereocenters. The highest BCUT2D eigenvalue weighted by molar-refractivity contribution is 7.07. The van der Waals surface area contributed by atoms with Crippen molar-refractivity contribution in [3.63, 3.8) is 0 Å². The van der Waals surface area contributed by atoms with E-state index in [4.69, 9.17) is 19.2 Å². The number of fused-ring (bicyclic) bond motifs is 1. The van der Waals surface area contributed by atoms with Crippen molar-refractivity contribution in [1.82, 2.24) is 4.57 Å². The minimum absolute atomic E-state index is 0.143. The molecule has 3 aromatic carbocycles. The number of hydrogen-bond acceptors (Lipinski definition) is 7. The fourth-order valence-corrected chi connectivity index (χ4v) is 5.60. The number of methoxy groups -OCH3 is 1. The Morgan fingerprint density at radius 3 is 2.45 bits per heavy atom. The number of carbonyl (C=O) groups excluding carboxylic acids is 1. The summed E-state index contributed by atoms with van der Waals surface area (Å²) >= 11 is 1.21. The molecule has 40 heavy (non-hydrogen) atoms. The van der Waals surface area contributed by atoms with Crippen molar-refractivity contribution in [1.29, 1.82) is 0 Å². The molecule has 0 saturated carbocycles. The lowest BCUT2D eigenvalue weighted by molar-refractivity contribution is -0.138. The van der Waals surface area contributed by atoms with Crippen LogP contribution in [0.25, 0.3) is 11.8 Å². The van der Waals surface area contributed by atoms with Crippen LogP contribution in [0.4, 0.5) is 4.39 Å². The van der Waals surface area contributed by atoms with Gasteiger partial charge in [-0.2, -0.15) is 0 Å². The van der Waals surface area contributed by atoms with Gasteiger partial charge in [0.05, 0.1) is 42.2 Å². The van der Waals surface area contributed by atoms with Crippen LogP contribution >= 0.6 is 11.3 Å². The molecular formula is C31H27FN2O5S. The smallest absolute Gasteiger partial charge is 0.338 e. The zero-order valence-electron chi connectivity index (χ0n) is 22.2. The van der Waals surface area contributed by atoms with Gasteiger partial charge < -0.3 is 14.2 Å². The highest BCUT2D eigenvalue weighted by Crippen LogP contribution is 2.35.